The molecule has 1 heterocycles. The van der Waals surface area contributed by atoms with Crippen molar-refractivity contribution < 1.29 is 0 Å². The Morgan fingerprint density at radius 1 is 1.19 bits per heavy atom. The fourth-order valence-corrected chi connectivity index (χ4v) is 2.71. The first kappa shape index (κ1) is 16.4. The molecule has 1 unspecified atom stereocenters. The maximum atomic E-state index is 4.44. The van der Waals surface area contributed by atoms with E-state index in [1.807, 2.05) is 4.68 Å². The lowest BCUT2D eigenvalue weighted by Gasteiger charge is -2.19. The number of rotatable bonds is 8. The van der Waals surface area contributed by atoms with Crippen molar-refractivity contribution in [3.8, 4) is 0 Å². The molecular formula is C16H23IN4. The van der Waals surface area contributed by atoms with Crippen LogP contribution < -0.4 is 5.32 Å². The molecule has 1 aromatic heterocycles. The largest absolute Gasteiger partial charge is 0.310 e. The quantitative estimate of drug-likeness (QED) is 0.692. The third kappa shape index (κ3) is 4.78. The Bertz CT molecular complexity index is 535. The highest BCUT2D eigenvalue weighted by Crippen LogP contribution is 2.19. The Morgan fingerprint density at radius 2 is 1.95 bits per heavy atom. The van der Waals surface area contributed by atoms with E-state index in [-0.39, 0.29) is 0 Å². The van der Waals surface area contributed by atoms with Crippen molar-refractivity contribution in [2.45, 2.75) is 45.7 Å². The van der Waals surface area contributed by atoms with Crippen LogP contribution in [0.5, 0.6) is 0 Å². The molecule has 5 heteroatoms. The summed E-state index contributed by atoms with van der Waals surface area (Å²) in [5.41, 5.74) is 1.31. The molecule has 0 aliphatic carbocycles. The lowest BCUT2D eigenvalue weighted by Crippen LogP contribution is -2.25. The Labute approximate surface area is 140 Å². The smallest absolute Gasteiger partial charge is 0.138 e. The monoisotopic (exact) mass is 398 g/mol. The zero-order chi connectivity index (χ0) is 15.1. The fourth-order valence-electron chi connectivity index (χ4n) is 2.35. The van der Waals surface area contributed by atoms with Gasteiger partial charge in [0.2, 0.25) is 0 Å². The number of halogens is 1. The SMILES string of the molecule is CCCNC(Cc1ncnn1CCC)c1ccc(I)cc1. The van der Waals surface area contributed by atoms with Crippen molar-refractivity contribution in [2.75, 3.05) is 6.54 Å². The van der Waals surface area contributed by atoms with Gasteiger partial charge in [-0.05, 0) is 59.7 Å². The van der Waals surface area contributed by atoms with Crippen molar-refractivity contribution >= 4 is 22.6 Å². The van der Waals surface area contributed by atoms with Crippen LogP contribution in [0, 0.1) is 3.57 Å². The molecule has 0 aliphatic heterocycles. The number of nitrogens with one attached hydrogen (secondary N) is 1. The Morgan fingerprint density at radius 3 is 2.62 bits per heavy atom. The van der Waals surface area contributed by atoms with Crippen molar-refractivity contribution in [3.63, 3.8) is 0 Å². The minimum Gasteiger partial charge on any atom is -0.310 e. The number of hydrogen-bond donors (Lipinski definition) is 1. The van der Waals surface area contributed by atoms with Crippen molar-refractivity contribution in [3.05, 3.63) is 45.6 Å². The van der Waals surface area contributed by atoms with E-state index in [1.54, 1.807) is 6.33 Å². The second-order valence-electron chi connectivity index (χ2n) is 5.16. The normalized spacial score (nSPS) is 12.5. The summed E-state index contributed by atoms with van der Waals surface area (Å²) in [6.07, 6.45) is 4.74. The molecule has 2 aromatic rings. The van der Waals surface area contributed by atoms with E-state index < -0.39 is 0 Å². The molecule has 0 bridgehead atoms. The Kier molecular flexibility index (Phi) is 6.63. The third-order valence-electron chi connectivity index (χ3n) is 3.43. The van der Waals surface area contributed by atoms with Gasteiger partial charge < -0.3 is 5.32 Å². The van der Waals surface area contributed by atoms with Crippen LogP contribution in [0.3, 0.4) is 0 Å². The number of hydrogen-bond acceptors (Lipinski definition) is 3. The summed E-state index contributed by atoms with van der Waals surface area (Å²) in [6.45, 7) is 6.30. The van der Waals surface area contributed by atoms with Gasteiger partial charge in [0, 0.05) is 22.6 Å². The molecule has 1 atom stereocenters. The standard InChI is InChI=1S/C16H23IN4/c1-3-9-18-15(13-5-7-14(17)8-6-13)11-16-19-12-20-21(16)10-4-2/h5-8,12,15,18H,3-4,9-11H2,1-2H3. The van der Waals surface area contributed by atoms with Gasteiger partial charge in [0.15, 0.2) is 0 Å². The number of benzene rings is 1. The number of nitrogens with zero attached hydrogens (tertiary/aromatic N) is 3. The average Bonchev–Trinajstić information content (AvgIpc) is 2.92. The lowest BCUT2D eigenvalue weighted by atomic mass is 10.0. The van der Waals surface area contributed by atoms with Gasteiger partial charge in [0.1, 0.15) is 12.2 Å². The van der Waals surface area contributed by atoms with Gasteiger partial charge in [-0.3, -0.25) is 4.68 Å². The van der Waals surface area contributed by atoms with Crippen LogP contribution in [-0.4, -0.2) is 21.3 Å². The van der Waals surface area contributed by atoms with E-state index in [2.05, 4.69) is 76.1 Å². The van der Waals surface area contributed by atoms with E-state index in [0.29, 0.717) is 6.04 Å². The molecule has 2 rings (SSSR count). The Balaban J connectivity index is 2.15. The summed E-state index contributed by atoms with van der Waals surface area (Å²) < 4.78 is 3.28. The third-order valence-corrected chi connectivity index (χ3v) is 4.15. The Hall–Kier alpha value is -0.950. The first-order valence-electron chi connectivity index (χ1n) is 7.60. The van der Waals surface area contributed by atoms with Gasteiger partial charge in [-0.1, -0.05) is 26.0 Å². The highest BCUT2D eigenvalue weighted by Gasteiger charge is 2.15. The molecule has 0 spiro atoms. The topological polar surface area (TPSA) is 42.7 Å². The minimum absolute atomic E-state index is 0.293. The second-order valence-corrected chi connectivity index (χ2v) is 6.41. The summed E-state index contributed by atoms with van der Waals surface area (Å²) >= 11 is 2.34. The van der Waals surface area contributed by atoms with Crippen LogP contribution in [0.1, 0.15) is 44.1 Å². The first-order chi connectivity index (χ1) is 10.2. The van der Waals surface area contributed by atoms with Crippen LogP contribution in [-0.2, 0) is 13.0 Å². The molecule has 21 heavy (non-hydrogen) atoms. The first-order valence-corrected chi connectivity index (χ1v) is 8.68. The van der Waals surface area contributed by atoms with Gasteiger partial charge in [0.05, 0.1) is 0 Å². The van der Waals surface area contributed by atoms with Crippen LogP contribution >= 0.6 is 22.6 Å². The van der Waals surface area contributed by atoms with Gasteiger partial charge in [-0.25, -0.2) is 4.98 Å². The molecule has 0 saturated heterocycles. The summed E-state index contributed by atoms with van der Waals surface area (Å²) in [6, 6.07) is 9.02. The van der Waals surface area contributed by atoms with E-state index in [4.69, 9.17) is 0 Å². The highest BCUT2D eigenvalue weighted by molar-refractivity contribution is 14.1. The molecule has 0 radical (unpaired) electrons. The molecule has 4 nitrogen and oxygen atoms in total. The van der Waals surface area contributed by atoms with Gasteiger partial charge in [-0.2, -0.15) is 5.10 Å². The minimum atomic E-state index is 0.293. The summed E-state index contributed by atoms with van der Waals surface area (Å²) in [4.78, 5) is 4.44. The maximum Gasteiger partial charge on any atom is 0.138 e. The highest BCUT2D eigenvalue weighted by atomic mass is 127. The second kappa shape index (κ2) is 8.48. The zero-order valence-corrected chi connectivity index (χ0v) is 14.9. The maximum absolute atomic E-state index is 4.44. The van der Waals surface area contributed by atoms with Crippen LogP contribution in [0.25, 0.3) is 0 Å². The molecule has 0 aliphatic rings. The average molecular weight is 398 g/mol. The van der Waals surface area contributed by atoms with Crippen LogP contribution in [0.4, 0.5) is 0 Å². The van der Waals surface area contributed by atoms with E-state index in [0.717, 1.165) is 38.2 Å². The van der Waals surface area contributed by atoms with E-state index in [9.17, 15) is 0 Å². The zero-order valence-electron chi connectivity index (χ0n) is 12.7. The molecule has 114 valence electrons. The molecular weight excluding hydrogens is 375 g/mol. The number of aryl methyl sites for hydroxylation is 1. The van der Waals surface area contributed by atoms with Crippen molar-refractivity contribution in [2.24, 2.45) is 0 Å². The fraction of sp³-hybridized carbons (Fsp3) is 0.500. The summed E-state index contributed by atoms with van der Waals surface area (Å²) in [5, 5.41) is 7.95. The lowest BCUT2D eigenvalue weighted by molar-refractivity contribution is 0.488. The molecule has 0 fully saturated rings. The van der Waals surface area contributed by atoms with E-state index >= 15 is 0 Å². The van der Waals surface area contributed by atoms with Crippen LogP contribution in [0.15, 0.2) is 30.6 Å². The van der Waals surface area contributed by atoms with Gasteiger partial charge in [-0.15, -0.1) is 0 Å². The van der Waals surface area contributed by atoms with Gasteiger partial charge in [0.25, 0.3) is 0 Å². The molecule has 1 N–H and O–H groups in total. The summed E-state index contributed by atoms with van der Waals surface area (Å²) in [7, 11) is 0. The van der Waals surface area contributed by atoms with Crippen LogP contribution in [0.2, 0.25) is 0 Å². The predicted molar refractivity (Wildman–Crippen MR) is 94.2 cm³/mol. The predicted octanol–water partition coefficient (Wildman–Crippen LogP) is 3.58. The molecule has 0 amide bonds. The summed E-state index contributed by atoms with van der Waals surface area (Å²) in [5.74, 6) is 1.06. The molecule has 1 aromatic carbocycles. The van der Waals surface area contributed by atoms with Crippen molar-refractivity contribution in [1.82, 2.24) is 20.1 Å². The van der Waals surface area contributed by atoms with Gasteiger partial charge >= 0.3 is 0 Å². The molecule has 0 saturated carbocycles. The number of aromatic nitrogens is 3. The van der Waals surface area contributed by atoms with E-state index in [1.165, 1.54) is 9.13 Å². The van der Waals surface area contributed by atoms with Crippen molar-refractivity contribution in [1.29, 1.82) is 0 Å².